The molecule has 0 spiro atoms. The lowest BCUT2D eigenvalue weighted by atomic mass is 9.86. The molecule has 0 radical (unpaired) electrons. The van der Waals surface area contributed by atoms with Crippen molar-refractivity contribution in [3.63, 3.8) is 0 Å². The second-order valence-corrected chi connectivity index (χ2v) is 9.19. The molecule has 2 aliphatic rings. The zero-order valence-corrected chi connectivity index (χ0v) is 15.6. The summed E-state index contributed by atoms with van der Waals surface area (Å²) < 4.78 is 33.1. The summed E-state index contributed by atoms with van der Waals surface area (Å²) in [4.78, 5) is 14.2. The highest BCUT2D eigenvalue weighted by molar-refractivity contribution is 7.89. The van der Waals surface area contributed by atoms with E-state index in [4.69, 9.17) is 4.74 Å². The van der Waals surface area contributed by atoms with Gasteiger partial charge in [-0.25, -0.2) is 8.42 Å². The van der Waals surface area contributed by atoms with Gasteiger partial charge in [-0.2, -0.15) is 4.31 Å². The number of nitrogens with zero attached hydrogens (tertiary/aromatic N) is 2. The van der Waals surface area contributed by atoms with Crippen LogP contribution in [0, 0.1) is 0 Å². The predicted octanol–water partition coefficient (Wildman–Crippen LogP) is 1.74. The number of hydrogen-bond acceptors (Lipinski definition) is 4. The van der Waals surface area contributed by atoms with Crippen LogP contribution < -0.4 is 4.90 Å². The van der Waals surface area contributed by atoms with Crippen LogP contribution in [0.15, 0.2) is 23.1 Å². The van der Waals surface area contributed by atoms with Gasteiger partial charge >= 0.3 is 0 Å². The Bertz CT molecular complexity index is 778. The number of carbonyl (C=O) groups excluding carboxylic acids is 1. The first-order valence-corrected chi connectivity index (χ1v) is 9.57. The molecule has 1 amide bonds. The largest absolute Gasteiger partial charge is 0.373 e. The number of anilines is 1. The lowest BCUT2D eigenvalue weighted by Gasteiger charge is -2.34. The summed E-state index contributed by atoms with van der Waals surface area (Å²) in [6.45, 7) is 8.08. The Morgan fingerprint density at radius 2 is 1.75 bits per heavy atom. The molecule has 2 heterocycles. The van der Waals surface area contributed by atoms with Gasteiger partial charge in [0, 0.05) is 25.8 Å². The average molecular weight is 352 g/mol. The van der Waals surface area contributed by atoms with Gasteiger partial charge in [-0.3, -0.25) is 4.79 Å². The van der Waals surface area contributed by atoms with Crippen molar-refractivity contribution < 1.29 is 17.9 Å². The standard InChI is InChI=1S/C17H24N2O4S/c1-11-9-19(10-12(2)23-11)24(21,22)13-6-7-15-14(8-13)17(3,4)16(20)18(15)5/h6-8,11-12H,9-10H2,1-5H3. The van der Waals surface area contributed by atoms with E-state index in [0.29, 0.717) is 13.1 Å². The van der Waals surface area contributed by atoms with E-state index in [1.807, 2.05) is 27.7 Å². The van der Waals surface area contributed by atoms with E-state index in [1.165, 1.54) is 4.31 Å². The maximum atomic E-state index is 13.0. The van der Waals surface area contributed by atoms with Gasteiger partial charge in [-0.05, 0) is 51.5 Å². The molecule has 1 aromatic carbocycles. The summed E-state index contributed by atoms with van der Waals surface area (Å²) in [7, 11) is -1.89. The fourth-order valence-electron chi connectivity index (χ4n) is 3.59. The molecule has 3 rings (SSSR count). The number of amides is 1. The molecule has 2 aliphatic heterocycles. The molecule has 7 heteroatoms. The van der Waals surface area contributed by atoms with Gasteiger partial charge in [0.05, 0.1) is 22.5 Å². The maximum Gasteiger partial charge on any atom is 0.243 e. The Labute approximate surface area is 143 Å². The third-order valence-corrected chi connectivity index (χ3v) is 6.69. The highest BCUT2D eigenvalue weighted by Gasteiger charge is 2.43. The third kappa shape index (κ3) is 2.55. The fourth-order valence-corrected chi connectivity index (χ4v) is 5.21. The first-order valence-electron chi connectivity index (χ1n) is 8.13. The molecule has 1 saturated heterocycles. The van der Waals surface area contributed by atoms with Gasteiger partial charge in [0.2, 0.25) is 15.9 Å². The van der Waals surface area contributed by atoms with Crippen molar-refractivity contribution >= 4 is 21.6 Å². The summed E-state index contributed by atoms with van der Waals surface area (Å²) in [5.74, 6) is -0.0272. The van der Waals surface area contributed by atoms with E-state index in [2.05, 4.69) is 0 Å². The second kappa shape index (κ2) is 5.54. The highest BCUT2D eigenvalue weighted by atomic mass is 32.2. The normalized spacial score (nSPS) is 27.4. The highest BCUT2D eigenvalue weighted by Crippen LogP contribution is 2.42. The Hall–Kier alpha value is -1.44. The van der Waals surface area contributed by atoms with Crippen LogP contribution in [0.4, 0.5) is 5.69 Å². The van der Waals surface area contributed by atoms with Crippen LogP contribution in [-0.2, 0) is 25.0 Å². The zero-order valence-electron chi connectivity index (χ0n) is 14.7. The molecule has 0 aliphatic carbocycles. The maximum absolute atomic E-state index is 13.0. The van der Waals surface area contributed by atoms with E-state index in [-0.39, 0.29) is 23.0 Å². The Balaban J connectivity index is 2.02. The first-order chi connectivity index (χ1) is 11.0. The van der Waals surface area contributed by atoms with Gasteiger partial charge in [-0.15, -0.1) is 0 Å². The van der Waals surface area contributed by atoms with E-state index >= 15 is 0 Å². The number of fused-ring (bicyclic) bond motifs is 1. The van der Waals surface area contributed by atoms with Crippen LogP contribution in [0.1, 0.15) is 33.3 Å². The number of benzene rings is 1. The number of sulfonamides is 1. The summed E-state index contributed by atoms with van der Waals surface area (Å²) in [6.07, 6.45) is -0.274. The SMILES string of the molecule is CC1CN(S(=O)(=O)c2ccc3c(c2)C(C)(C)C(=O)N3C)CC(C)O1. The van der Waals surface area contributed by atoms with Gasteiger partial charge in [-0.1, -0.05) is 0 Å². The number of likely N-dealkylation sites (N-methyl/N-ethyl adjacent to an activating group) is 1. The van der Waals surface area contributed by atoms with Gasteiger partial charge < -0.3 is 9.64 Å². The number of rotatable bonds is 2. The zero-order chi connectivity index (χ0) is 17.9. The van der Waals surface area contributed by atoms with Crippen LogP contribution >= 0.6 is 0 Å². The van der Waals surface area contributed by atoms with Gasteiger partial charge in [0.25, 0.3) is 0 Å². The van der Waals surface area contributed by atoms with E-state index in [9.17, 15) is 13.2 Å². The molecule has 2 unspecified atom stereocenters. The van der Waals surface area contributed by atoms with Crippen LogP contribution in [0.25, 0.3) is 0 Å². The monoisotopic (exact) mass is 352 g/mol. The van der Waals surface area contributed by atoms with E-state index in [1.54, 1.807) is 30.1 Å². The molecule has 2 atom stereocenters. The quantitative estimate of drug-likeness (QED) is 0.813. The Kier molecular flexibility index (Phi) is 4.01. The number of hydrogen-bond donors (Lipinski definition) is 0. The summed E-state index contributed by atoms with van der Waals surface area (Å²) in [6, 6.07) is 4.96. The topological polar surface area (TPSA) is 66.9 Å². The summed E-state index contributed by atoms with van der Waals surface area (Å²) in [5.41, 5.74) is 0.805. The summed E-state index contributed by atoms with van der Waals surface area (Å²) in [5, 5.41) is 0. The van der Waals surface area contributed by atoms with Crippen LogP contribution in [0.5, 0.6) is 0 Å². The minimum Gasteiger partial charge on any atom is -0.373 e. The lowest BCUT2D eigenvalue weighted by Crippen LogP contribution is -2.48. The molecule has 0 aromatic heterocycles. The third-order valence-electron chi connectivity index (χ3n) is 4.87. The second-order valence-electron chi connectivity index (χ2n) is 7.25. The molecule has 132 valence electrons. The van der Waals surface area contributed by atoms with Crippen molar-refractivity contribution in [2.24, 2.45) is 0 Å². The van der Waals surface area contributed by atoms with Crippen LogP contribution in [0.2, 0.25) is 0 Å². The Morgan fingerprint density at radius 1 is 1.17 bits per heavy atom. The molecule has 1 fully saturated rings. The molecule has 1 aromatic rings. The minimum atomic E-state index is -3.61. The summed E-state index contributed by atoms with van der Waals surface area (Å²) >= 11 is 0. The van der Waals surface area contributed by atoms with Gasteiger partial charge in [0.15, 0.2) is 0 Å². The van der Waals surface area contributed by atoms with Crippen molar-refractivity contribution in [3.8, 4) is 0 Å². The molecular weight excluding hydrogens is 328 g/mol. The molecule has 24 heavy (non-hydrogen) atoms. The van der Waals surface area contributed by atoms with Crippen molar-refractivity contribution in [3.05, 3.63) is 23.8 Å². The van der Waals surface area contributed by atoms with Gasteiger partial charge in [0.1, 0.15) is 0 Å². The number of carbonyl (C=O) groups is 1. The van der Waals surface area contributed by atoms with Crippen LogP contribution in [-0.4, -0.2) is 51.0 Å². The molecule has 0 saturated carbocycles. The van der Waals surface area contributed by atoms with Crippen molar-refractivity contribution in [2.45, 2.75) is 50.2 Å². The lowest BCUT2D eigenvalue weighted by molar-refractivity contribution is -0.121. The van der Waals surface area contributed by atoms with Crippen LogP contribution in [0.3, 0.4) is 0 Å². The first kappa shape index (κ1) is 17.4. The predicted molar refractivity (Wildman–Crippen MR) is 91.6 cm³/mol. The van der Waals surface area contributed by atoms with Crippen molar-refractivity contribution in [1.29, 1.82) is 0 Å². The minimum absolute atomic E-state index is 0.0272. The Morgan fingerprint density at radius 3 is 2.33 bits per heavy atom. The van der Waals surface area contributed by atoms with E-state index < -0.39 is 15.4 Å². The smallest absolute Gasteiger partial charge is 0.243 e. The molecular formula is C17H24N2O4S. The average Bonchev–Trinajstić information content (AvgIpc) is 2.67. The van der Waals surface area contributed by atoms with E-state index in [0.717, 1.165) is 11.3 Å². The molecule has 0 bridgehead atoms. The molecule has 0 N–H and O–H groups in total. The number of ether oxygens (including phenoxy) is 1. The van der Waals surface area contributed by atoms with Crippen molar-refractivity contribution in [2.75, 3.05) is 25.0 Å². The number of morpholine rings is 1. The molecule has 6 nitrogen and oxygen atoms in total. The van der Waals surface area contributed by atoms with Crippen molar-refractivity contribution in [1.82, 2.24) is 4.31 Å². The fraction of sp³-hybridized carbons (Fsp3) is 0.588.